The second kappa shape index (κ2) is 7.42. The normalized spacial score (nSPS) is 24.9. The number of carbonyl (C=O) groups is 2. The van der Waals surface area contributed by atoms with Gasteiger partial charge in [0.05, 0.1) is 17.5 Å². The summed E-state index contributed by atoms with van der Waals surface area (Å²) in [6.07, 6.45) is 6.08. The molecular weight excluding hydrogens is 363 g/mol. The summed E-state index contributed by atoms with van der Waals surface area (Å²) in [5, 5.41) is 12.1. The van der Waals surface area contributed by atoms with Crippen molar-refractivity contribution < 1.29 is 23.8 Å². The Hall–Kier alpha value is -3.22. The summed E-state index contributed by atoms with van der Waals surface area (Å²) < 4.78 is 19.8. The Morgan fingerprint density at radius 2 is 1.96 bits per heavy atom. The van der Waals surface area contributed by atoms with Crippen molar-refractivity contribution in [2.75, 3.05) is 5.32 Å². The van der Waals surface area contributed by atoms with Gasteiger partial charge in [0, 0.05) is 18.0 Å². The number of carbonyl (C=O) groups excluding carboxylic acids is 1. The van der Waals surface area contributed by atoms with Crippen molar-refractivity contribution in [1.29, 1.82) is 0 Å². The molecule has 1 saturated carbocycles. The van der Waals surface area contributed by atoms with Crippen LogP contribution in [0.3, 0.4) is 0 Å². The van der Waals surface area contributed by atoms with Gasteiger partial charge in [-0.05, 0) is 42.5 Å². The van der Waals surface area contributed by atoms with Crippen molar-refractivity contribution in [1.82, 2.24) is 4.98 Å². The summed E-state index contributed by atoms with van der Waals surface area (Å²) in [7, 11) is 0. The minimum Gasteiger partial charge on any atom is -0.484 e. The number of halogens is 1. The van der Waals surface area contributed by atoms with E-state index >= 15 is 0 Å². The smallest absolute Gasteiger partial charge is 0.307 e. The summed E-state index contributed by atoms with van der Waals surface area (Å²) in [4.78, 5) is 28.3. The van der Waals surface area contributed by atoms with Crippen molar-refractivity contribution in [3.05, 3.63) is 66.3 Å². The number of carboxylic acids is 1. The highest BCUT2D eigenvalue weighted by molar-refractivity contribution is 5.96. The van der Waals surface area contributed by atoms with Gasteiger partial charge in [0.2, 0.25) is 5.91 Å². The van der Waals surface area contributed by atoms with Crippen LogP contribution in [0.15, 0.2) is 54.7 Å². The van der Waals surface area contributed by atoms with Crippen LogP contribution in [0.5, 0.6) is 5.75 Å². The maximum absolute atomic E-state index is 14.3. The van der Waals surface area contributed by atoms with Crippen LogP contribution in [-0.4, -0.2) is 22.0 Å². The molecule has 6 nitrogen and oxygen atoms in total. The molecule has 144 valence electrons. The number of nitrogens with one attached hydrogen (secondary N) is 1. The number of benzene rings is 1. The van der Waals surface area contributed by atoms with Gasteiger partial charge in [-0.1, -0.05) is 18.2 Å². The van der Waals surface area contributed by atoms with Crippen molar-refractivity contribution in [3.63, 3.8) is 0 Å². The second-order valence-electron chi connectivity index (χ2n) is 7.08. The standard InChI is InChI=1S/C21H19FN2O4/c22-16-10-14(6-7-17(16)28-11-15-3-1-2-8-23-15)24-20(25)18-12-4-5-13(9-12)19(18)21(26)27/h1-8,10,12-13,18-19H,9,11H2,(H,24,25)(H,26,27). The quantitative estimate of drug-likeness (QED) is 0.749. The molecule has 1 fully saturated rings. The number of ether oxygens (including phenoxy) is 1. The van der Waals surface area contributed by atoms with Crippen LogP contribution in [0.4, 0.5) is 10.1 Å². The molecule has 2 bridgehead atoms. The zero-order valence-electron chi connectivity index (χ0n) is 14.9. The lowest BCUT2D eigenvalue weighted by molar-refractivity contribution is -0.146. The molecule has 4 atom stereocenters. The predicted octanol–water partition coefficient (Wildman–Crippen LogP) is 3.26. The molecular formula is C21H19FN2O4. The highest BCUT2D eigenvalue weighted by atomic mass is 19.1. The number of fused-ring (bicyclic) bond motifs is 2. The molecule has 4 rings (SSSR count). The topological polar surface area (TPSA) is 88.5 Å². The number of hydrogen-bond donors (Lipinski definition) is 2. The van der Waals surface area contributed by atoms with Gasteiger partial charge in [0.25, 0.3) is 0 Å². The molecule has 1 amide bonds. The summed E-state index contributed by atoms with van der Waals surface area (Å²) in [5.74, 6) is -3.51. The zero-order chi connectivity index (χ0) is 19.7. The van der Waals surface area contributed by atoms with Crippen molar-refractivity contribution in [2.24, 2.45) is 23.7 Å². The number of pyridine rings is 1. The fourth-order valence-electron chi connectivity index (χ4n) is 4.07. The second-order valence-corrected chi connectivity index (χ2v) is 7.08. The van der Waals surface area contributed by atoms with Gasteiger partial charge in [-0.3, -0.25) is 14.6 Å². The lowest BCUT2D eigenvalue weighted by atomic mass is 9.82. The third kappa shape index (κ3) is 3.47. The summed E-state index contributed by atoms with van der Waals surface area (Å²) >= 11 is 0. The van der Waals surface area contributed by atoms with Crippen molar-refractivity contribution in [2.45, 2.75) is 13.0 Å². The predicted molar refractivity (Wildman–Crippen MR) is 99.0 cm³/mol. The van der Waals surface area contributed by atoms with Gasteiger partial charge in [0.1, 0.15) is 6.61 Å². The Morgan fingerprint density at radius 3 is 2.64 bits per heavy atom. The molecule has 2 N–H and O–H groups in total. The van der Waals surface area contributed by atoms with E-state index in [2.05, 4.69) is 10.3 Å². The number of nitrogens with zero attached hydrogens (tertiary/aromatic N) is 1. The lowest BCUT2D eigenvalue weighted by Gasteiger charge is -2.23. The molecule has 1 aromatic heterocycles. The van der Waals surface area contributed by atoms with Crippen LogP contribution in [-0.2, 0) is 16.2 Å². The molecule has 1 heterocycles. The molecule has 0 aliphatic heterocycles. The molecule has 2 aliphatic rings. The van der Waals surface area contributed by atoms with Gasteiger partial charge in [0.15, 0.2) is 11.6 Å². The maximum Gasteiger partial charge on any atom is 0.307 e. The Balaban J connectivity index is 1.42. The van der Waals surface area contributed by atoms with Crippen LogP contribution in [0.1, 0.15) is 12.1 Å². The molecule has 4 unspecified atom stereocenters. The molecule has 1 aromatic carbocycles. The minimum atomic E-state index is -0.971. The van der Waals surface area contributed by atoms with E-state index in [1.165, 1.54) is 18.2 Å². The molecule has 2 aliphatic carbocycles. The number of aliphatic carboxylic acids is 1. The van der Waals surface area contributed by atoms with Gasteiger partial charge in [-0.25, -0.2) is 4.39 Å². The number of rotatable bonds is 6. The minimum absolute atomic E-state index is 0.0509. The monoisotopic (exact) mass is 382 g/mol. The molecule has 0 radical (unpaired) electrons. The number of hydrogen-bond acceptors (Lipinski definition) is 4. The van der Waals surface area contributed by atoms with E-state index in [0.29, 0.717) is 12.1 Å². The first kappa shape index (κ1) is 18.2. The largest absolute Gasteiger partial charge is 0.484 e. The van der Waals surface area contributed by atoms with Crippen LogP contribution in [0.25, 0.3) is 0 Å². The van der Waals surface area contributed by atoms with E-state index in [4.69, 9.17) is 4.74 Å². The fraction of sp³-hybridized carbons (Fsp3) is 0.286. The Kier molecular flexibility index (Phi) is 4.81. The van der Waals surface area contributed by atoms with Gasteiger partial charge < -0.3 is 15.2 Å². The number of anilines is 1. The van der Waals surface area contributed by atoms with E-state index in [-0.39, 0.29) is 29.9 Å². The van der Waals surface area contributed by atoms with E-state index in [0.717, 1.165) is 0 Å². The van der Waals surface area contributed by atoms with Crippen LogP contribution >= 0.6 is 0 Å². The van der Waals surface area contributed by atoms with E-state index in [1.807, 2.05) is 18.2 Å². The number of amides is 1. The number of carboxylic acid groups (broad SMARTS) is 1. The van der Waals surface area contributed by atoms with Crippen LogP contribution in [0, 0.1) is 29.5 Å². The SMILES string of the molecule is O=C(O)C1C2C=CC(C2)C1C(=O)Nc1ccc(OCc2ccccn2)c(F)c1. The first-order valence-corrected chi connectivity index (χ1v) is 9.07. The highest BCUT2D eigenvalue weighted by Gasteiger charge is 2.51. The van der Waals surface area contributed by atoms with Crippen molar-refractivity contribution in [3.8, 4) is 5.75 Å². The third-order valence-electron chi connectivity index (χ3n) is 5.35. The average Bonchev–Trinajstić information content (AvgIpc) is 3.29. The molecule has 0 saturated heterocycles. The van der Waals surface area contributed by atoms with E-state index in [9.17, 15) is 19.1 Å². The lowest BCUT2D eigenvalue weighted by Crippen LogP contribution is -2.36. The fourth-order valence-corrected chi connectivity index (χ4v) is 4.07. The van der Waals surface area contributed by atoms with Gasteiger partial charge in [-0.15, -0.1) is 0 Å². The zero-order valence-corrected chi connectivity index (χ0v) is 14.9. The number of allylic oxidation sites excluding steroid dienone is 2. The van der Waals surface area contributed by atoms with E-state index < -0.39 is 29.5 Å². The van der Waals surface area contributed by atoms with Crippen molar-refractivity contribution >= 4 is 17.6 Å². The molecule has 28 heavy (non-hydrogen) atoms. The van der Waals surface area contributed by atoms with Crippen LogP contribution in [0.2, 0.25) is 0 Å². The summed E-state index contributed by atoms with van der Waals surface area (Å²) in [6, 6.07) is 9.51. The summed E-state index contributed by atoms with van der Waals surface area (Å²) in [6.45, 7) is 0.126. The van der Waals surface area contributed by atoms with Crippen LogP contribution < -0.4 is 10.1 Å². The molecule has 0 spiro atoms. The summed E-state index contributed by atoms with van der Waals surface area (Å²) in [5.41, 5.74) is 0.937. The Morgan fingerprint density at radius 1 is 1.18 bits per heavy atom. The first-order chi connectivity index (χ1) is 13.5. The Bertz CT molecular complexity index is 931. The number of aromatic nitrogens is 1. The average molecular weight is 382 g/mol. The highest BCUT2D eigenvalue weighted by Crippen LogP contribution is 2.48. The van der Waals surface area contributed by atoms with Gasteiger partial charge >= 0.3 is 5.97 Å². The molecule has 2 aromatic rings. The Labute approximate surface area is 161 Å². The van der Waals surface area contributed by atoms with E-state index in [1.54, 1.807) is 18.3 Å². The van der Waals surface area contributed by atoms with Gasteiger partial charge in [-0.2, -0.15) is 0 Å². The first-order valence-electron chi connectivity index (χ1n) is 9.07. The third-order valence-corrected chi connectivity index (χ3v) is 5.35. The maximum atomic E-state index is 14.3. The molecule has 7 heteroatoms.